The lowest BCUT2D eigenvalue weighted by Crippen LogP contribution is -2.08. The van der Waals surface area contributed by atoms with Gasteiger partial charge in [-0.2, -0.15) is 0 Å². The number of ether oxygens (including phenoxy) is 2. The molecule has 1 N–H and O–H groups in total. The summed E-state index contributed by atoms with van der Waals surface area (Å²) in [7, 11) is 3.30. The molecule has 3 heteroatoms. The Labute approximate surface area is 96.0 Å². The van der Waals surface area contributed by atoms with Crippen molar-refractivity contribution in [2.45, 2.75) is 31.3 Å². The average molecular weight is 222 g/mol. The van der Waals surface area contributed by atoms with Gasteiger partial charge in [0.1, 0.15) is 11.5 Å². The van der Waals surface area contributed by atoms with Crippen LogP contribution in [-0.4, -0.2) is 24.9 Å². The molecular weight excluding hydrogens is 204 g/mol. The molecule has 3 nitrogen and oxygen atoms in total. The van der Waals surface area contributed by atoms with E-state index >= 15 is 0 Å². The molecule has 0 saturated heterocycles. The Kier molecular flexibility index (Phi) is 3.06. The zero-order valence-corrected chi connectivity index (χ0v) is 9.82. The minimum atomic E-state index is -0.398. The summed E-state index contributed by atoms with van der Waals surface area (Å²) < 4.78 is 10.5. The molecule has 0 unspecified atom stereocenters. The van der Waals surface area contributed by atoms with E-state index in [9.17, 15) is 5.11 Å². The van der Waals surface area contributed by atoms with Crippen LogP contribution in [0.1, 0.15) is 24.8 Å². The van der Waals surface area contributed by atoms with Crippen molar-refractivity contribution in [3.05, 3.63) is 23.8 Å². The third-order valence-electron chi connectivity index (χ3n) is 3.18. The first-order valence-electron chi connectivity index (χ1n) is 5.60. The Balaban J connectivity index is 2.07. The summed E-state index contributed by atoms with van der Waals surface area (Å²) in [6, 6.07) is 5.81. The van der Waals surface area contributed by atoms with Crippen molar-refractivity contribution in [3.8, 4) is 11.5 Å². The highest BCUT2D eigenvalue weighted by Gasteiger charge is 2.39. The zero-order valence-electron chi connectivity index (χ0n) is 9.82. The molecule has 0 spiro atoms. The van der Waals surface area contributed by atoms with Gasteiger partial charge < -0.3 is 14.6 Å². The first kappa shape index (κ1) is 11.3. The van der Waals surface area contributed by atoms with Gasteiger partial charge in [0.2, 0.25) is 0 Å². The molecule has 0 aromatic heterocycles. The van der Waals surface area contributed by atoms with Crippen molar-refractivity contribution < 1.29 is 14.6 Å². The quantitative estimate of drug-likeness (QED) is 0.829. The molecule has 0 atom stereocenters. The molecule has 0 heterocycles. The lowest BCUT2D eigenvalue weighted by molar-refractivity contribution is 0.140. The number of aryl methyl sites for hydroxylation is 1. The van der Waals surface area contributed by atoms with Gasteiger partial charge in [-0.15, -0.1) is 0 Å². The maximum absolute atomic E-state index is 9.79. The minimum absolute atomic E-state index is 0.398. The molecule has 0 radical (unpaired) electrons. The van der Waals surface area contributed by atoms with E-state index in [0.29, 0.717) is 0 Å². The van der Waals surface area contributed by atoms with E-state index in [2.05, 4.69) is 0 Å². The van der Waals surface area contributed by atoms with Crippen LogP contribution in [0.3, 0.4) is 0 Å². The molecular formula is C13H18O3. The molecule has 1 saturated carbocycles. The van der Waals surface area contributed by atoms with Crippen LogP contribution in [0.4, 0.5) is 0 Å². The van der Waals surface area contributed by atoms with Crippen molar-refractivity contribution >= 4 is 0 Å². The van der Waals surface area contributed by atoms with E-state index in [0.717, 1.165) is 42.7 Å². The van der Waals surface area contributed by atoms with E-state index in [1.807, 2.05) is 18.2 Å². The van der Waals surface area contributed by atoms with Crippen LogP contribution in [0.25, 0.3) is 0 Å². The van der Waals surface area contributed by atoms with Crippen LogP contribution in [0.15, 0.2) is 18.2 Å². The Bertz CT molecular complexity index is 369. The Morgan fingerprint density at radius 2 is 2.00 bits per heavy atom. The highest BCUT2D eigenvalue weighted by Crippen LogP contribution is 2.40. The number of hydrogen-bond donors (Lipinski definition) is 1. The number of methoxy groups -OCH3 is 2. The van der Waals surface area contributed by atoms with Crippen LogP contribution >= 0.6 is 0 Å². The van der Waals surface area contributed by atoms with Crippen LogP contribution in [-0.2, 0) is 6.42 Å². The average Bonchev–Trinajstić information content (AvgIpc) is 3.05. The highest BCUT2D eigenvalue weighted by atomic mass is 16.5. The molecule has 1 aromatic rings. The lowest BCUT2D eigenvalue weighted by atomic mass is 10.0. The fourth-order valence-electron chi connectivity index (χ4n) is 1.82. The first-order valence-corrected chi connectivity index (χ1v) is 5.60. The van der Waals surface area contributed by atoms with Gasteiger partial charge in [-0.25, -0.2) is 0 Å². The normalized spacial score (nSPS) is 16.9. The summed E-state index contributed by atoms with van der Waals surface area (Å²) in [6.07, 6.45) is 3.54. The van der Waals surface area contributed by atoms with Crippen molar-refractivity contribution in [2.75, 3.05) is 14.2 Å². The molecule has 88 valence electrons. The number of aliphatic hydroxyl groups is 1. The van der Waals surface area contributed by atoms with Gasteiger partial charge in [0.05, 0.1) is 19.8 Å². The second-order valence-corrected chi connectivity index (χ2v) is 4.40. The molecule has 1 aromatic carbocycles. The van der Waals surface area contributed by atoms with Gasteiger partial charge in [0.15, 0.2) is 0 Å². The SMILES string of the molecule is COc1ccc(CCC2(O)CC2)c(OC)c1. The van der Waals surface area contributed by atoms with E-state index in [1.54, 1.807) is 14.2 Å². The Morgan fingerprint density at radius 3 is 2.56 bits per heavy atom. The van der Waals surface area contributed by atoms with Crippen LogP contribution in [0.5, 0.6) is 11.5 Å². The fraction of sp³-hybridized carbons (Fsp3) is 0.538. The predicted molar refractivity (Wildman–Crippen MR) is 62.1 cm³/mol. The predicted octanol–water partition coefficient (Wildman–Crippen LogP) is 2.16. The molecule has 0 bridgehead atoms. The summed E-state index contributed by atoms with van der Waals surface area (Å²) in [5.74, 6) is 1.63. The third-order valence-corrected chi connectivity index (χ3v) is 3.18. The molecule has 0 amide bonds. The summed E-state index contributed by atoms with van der Waals surface area (Å²) >= 11 is 0. The lowest BCUT2D eigenvalue weighted by Gasteiger charge is -2.12. The van der Waals surface area contributed by atoms with Gasteiger partial charge in [-0.05, 0) is 37.3 Å². The van der Waals surface area contributed by atoms with Crippen molar-refractivity contribution in [1.29, 1.82) is 0 Å². The molecule has 16 heavy (non-hydrogen) atoms. The van der Waals surface area contributed by atoms with Gasteiger partial charge >= 0.3 is 0 Å². The number of rotatable bonds is 5. The second kappa shape index (κ2) is 4.34. The van der Waals surface area contributed by atoms with Gasteiger partial charge in [0.25, 0.3) is 0 Å². The second-order valence-electron chi connectivity index (χ2n) is 4.40. The standard InChI is InChI=1S/C13H18O3/c1-15-11-4-3-10(12(9-11)16-2)5-6-13(14)7-8-13/h3-4,9,14H,5-8H2,1-2H3. The largest absolute Gasteiger partial charge is 0.497 e. The van der Waals surface area contributed by atoms with E-state index in [1.165, 1.54) is 0 Å². The van der Waals surface area contributed by atoms with Crippen LogP contribution in [0.2, 0.25) is 0 Å². The number of hydrogen-bond acceptors (Lipinski definition) is 3. The summed E-state index contributed by atoms with van der Waals surface area (Å²) in [5, 5.41) is 9.79. The summed E-state index contributed by atoms with van der Waals surface area (Å²) in [6.45, 7) is 0. The maximum Gasteiger partial charge on any atom is 0.125 e. The van der Waals surface area contributed by atoms with Crippen molar-refractivity contribution in [1.82, 2.24) is 0 Å². The summed E-state index contributed by atoms with van der Waals surface area (Å²) in [5.41, 5.74) is 0.730. The molecule has 1 fully saturated rings. The van der Waals surface area contributed by atoms with Crippen molar-refractivity contribution in [2.24, 2.45) is 0 Å². The zero-order chi connectivity index (χ0) is 11.6. The smallest absolute Gasteiger partial charge is 0.125 e. The minimum Gasteiger partial charge on any atom is -0.497 e. The van der Waals surface area contributed by atoms with Gasteiger partial charge in [-0.1, -0.05) is 6.07 Å². The highest BCUT2D eigenvalue weighted by molar-refractivity contribution is 5.40. The Hall–Kier alpha value is -1.22. The Morgan fingerprint density at radius 1 is 1.25 bits per heavy atom. The summed E-state index contributed by atoms with van der Waals surface area (Å²) in [4.78, 5) is 0. The fourth-order valence-corrected chi connectivity index (χ4v) is 1.82. The first-order chi connectivity index (χ1) is 7.67. The van der Waals surface area contributed by atoms with Crippen LogP contribution < -0.4 is 9.47 Å². The molecule has 2 rings (SSSR count). The van der Waals surface area contributed by atoms with E-state index < -0.39 is 5.60 Å². The van der Waals surface area contributed by atoms with E-state index in [-0.39, 0.29) is 0 Å². The van der Waals surface area contributed by atoms with Gasteiger partial charge in [-0.3, -0.25) is 0 Å². The van der Waals surface area contributed by atoms with Crippen LogP contribution in [0, 0.1) is 0 Å². The van der Waals surface area contributed by atoms with Gasteiger partial charge in [0, 0.05) is 6.07 Å². The topological polar surface area (TPSA) is 38.7 Å². The number of benzene rings is 1. The molecule has 0 aliphatic heterocycles. The molecule has 1 aliphatic carbocycles. The molecule has 1 aliphatic rings. The van der Waals surface area contributed by atoms with Crippen molar-refractivity contribution in [3.63, 3.8) is 0 Å². The third kappa shape index (κ3) is 2.47. The maximum atomic E-state index is 9.79. The van der Waals surface area contributed by atoms with E-state index in [4.69, 9.17) is 9.47 Å². The monoisotopic (exact) mass is 222 g/mol.